The van der Waals surface area contributed by atoms with E-state index in [4.69, 9.17) is 14.3 Å². The van der Waals surface area contributed by atoms with Gasteiger partial charge in [0.15, 0.2) is 11.5 Å². The molecule has 2 aromatic rings. The van der Waals surface area contributed by atoms with Gasteiger partial charge in [-0.1, -0.05) is 47.6 Å². The zero-order chi connectivity index (χ0) is 17.1. The molecule has 0 unspecified atom stereocenters. The van der Waals surface area contributed by atoms with Gasteiger partial charge < -0.3 is 19.6 Å². The van der Waals surface area contributed by atoms with E-state index in [1.165, 1.54) is 0 Å². The first-order valence-corrected chi connectivity index (χ1v) is 8.24. The molecule has 128 valence electrons. The van der Waals surface area contributed by atoms with Crippen LogP contribution in [0.5, 0.6) is 11.5 Å². The average molecular weight is 338 g/mol. The van der Waals surface area contributed by atoms with Crippen LogP contribution in [0, 0.1) is 0 Å². The van der Waals surface area contributed by atoms with Crippen LogP contribution < -0.4 is 14.8 Å². The molecule has 0 radical (unpaired) electrons. The first kappa shape index (κ1) is 15.5. The lowest BCUT2D eigenvalue weighted by molar-refractivity contribution is -0.131. The highest BCUT2D eigenvalue weighted by atomic mass is 16.6. The summed E-state index contributed by atoms with van der Waals surface area (Å²) >= 11 is 0. The standard InChI is InChI=1S/C19H18N2O4/c22-19(18-10-15(21-25-18)13-6-2-1-3-7-13)20-11-14-12-23-16-8-4-5-9-17(16)24-14/h1-9,14,18H,10-12H2,(H,20,22)/t14-,18+/m0/s1. The molecule has 0 aliphatic carbocycles. The van der Waals surface area contributed by atoms with Crippen LogP contribution in [-0.2, 0) is 9.63 Å². The Kier molecular flexibility index (Phi) is 4.24. The minimum Gasteiger partial charge on any atom is -0.486 e. The number of ether oxygens (including phenoxy) is 2. The summed E-state index contributed by atoms with van der Waals surface area (Å²) in [6.45, 7) is 0.752. The van der Waals surface area contributed by atoms with Gasteiger partial charge in [-0.15, -0.1) is 0 Å². The zero-order valence-electron chi connectivity index (χ0n) is 13.6. The minimum atomic E-state index is -0.605. The molecule has 0 spiro atoms. The molecule has 1 N–H and O–H groups in total. The van der Waals surface area contributed by atoms with E-state index in [1.54, 1.807) is 0 Å². The van der Waals surface area contributed by atoms with Crippen molar-refractivity contribution in [1.29, 1.82) is 0 Å². The number of rotatable bonds is 4. The number of benzene rings is 2. The number of oxime groups is 1. The number of carbonyl (C=O) groups excluding carboxylic acids is 1. The Morgan fingerprint density at radius 2 is 1.84 bits per heavy atom. The predicted molar refractivity (Wildman–Crippen MR) is 91.8 cm³/mol. The van der Waals surface area contributed by atoms with Gasteiger partial charge in [-0.2, -0.15) is 0 Å². The molecule has 2 aromatic carbocycles. The maximum atomic E-state index is 12.3. The second-order valence-corrected chi connectivity index (χ2v) is 5.94. The molecule has 2 heterocycles. The summed E-state index contributed by atoms with van der Waals surface area (Å²) in [5.41, 5.74) is 1.75. The Labute approximate surface area is 145 Å². The third-order valence-electron chi connectivity index (χ3n) is 4.14. The van der Waals surface area contributed by atoms with Gasteiger partial charge in [-0.3, -0.25) is 4.79 Å². The summed E-state index contributed by atoms with van der Waals surface area (Å²) in [5.74, 6) is 1.22. The summed E-state index contributed by atoms with van der Waals surface area (Å²) in [5, 5.41) is 6.89. The van der Waals surface area contributed by atoms with Gasteiger partial charge in [0.1, 0.15) is 12.7 Å². The molecule has 1 amide bonds. The van der Waals surface area contributed by atoms with Gasteiger partial charge >= 0.3 is 0 Å². The predicted octanol–water partition coefficient (Wildman–Crippen LogP) is 2.14. The largest absolute Gasteiger partial charge is 0.486 e. The fourth-order valence-electron chi connectivity index (χ4n) is 2.81. The zero-order valence-corrected chi connectivity index (χ0v) is 13.6. The maximum Gasteiger partial charge on any atom is 0.264 e. The van der Waals surface area contributed by atoms with E-state index in [0.29, 0.717) is 25.3 Å². The molecule has 2 aliphatic rings. The van der Waals surface area contributed by atoms with E-state index >= 15 is 0 Å². The highest BCUT2D eigenvalue weighted by Crippen LogP contribution is 2.30. The molecule has 0 bridgehead atoms. The molecule has 0 aromatic heterocycles. The summed E-state index contributed by atoms with van der Waals surface area (Å²) < 4.78 is 11.5. The second kappa shape index (κ2) is 6.84. The molecule has 6 heteroatoms. The number of nitrogens with one attached hydrogen (secondary N) is 1. The first-order valence-electron chi connectivity index (χ1n) is 8.24. The van der Waals surface area contributed by atoms with Crippen LogP contribution in [0.4, 0.5) is 0 Å². The number of carbonyl (C=O) groups is 1. The van der Waals surface area contributed by atoms with Gasteiger partial charge in [0, 0.05) is 6.42 Å². The van der Waals surface area contributed by atoms with Crippen molar-refractivity contribution in [2.75, 3.05) is 13.2 Å². The smallest absolute Gasteiger partial charge is 0.264 e. The lowest BCUT2D eigenvalue weighted by atomic mass is 10.0. The van der Waals surface area contributed by atoms with Crippen LogP contribution in [0.2, 0.25) is 0 Å². The van der Waals surface area contributed by atoms with Crippen molar-refractivity contribution < 1.29 is 19.1 Å². The Morgan fingerprint density at radius 3 is 2.68 bits per heavy atom. The van der Waals surface area contributed by atoms with E-state index in [0.717, 1.165) is 17.0 Å². The SMILES string of the molecule is O=C(NC[C@H]1COc2ccccc2O1)[C@H]1CC(c2ccccc2)=NO1. The van der Waals surface area contributed by atoms with Crippen molar-refractivity contribution >= 4 is 11.6 Å². The monoisotopic (exact) mass is 338 g/mol. The molecule has 25 heavy (non-hydrogen) atoms. The first-order chi connectivity index (χ1) is 12.3. The van der Waals surface area contributed by atoms with Crippen LogP contribution in [0.25, 0.3) is 0 Å². The lowest BCUT2D eigenvalue weighted by Crippen LogP contribution is -2.44. The van der Waals surface area contributed by atoms with Crippen LogP contribution >= 0.6 is 0 Å². The molecule has 6 nitrogen and oxygen atoms in total. The van der Waals surface area contributed by atoms with Crippen molar-refractivity contribution in [3.05, 3.63) is 60.2 Å². The molecule has 2 aliphatic heterocycles. The van der Waals surface area contributed by atoms with Gasteiger partial charge in [0.25, 0.3) is 5.91 Å². The van der Waals surface area contributed by atoms with Crippen molar-refractivity contribution in [3.8, 4) is 11.5 Å². The van der Waals surface area contributed by atoms with E-state index in [2.05, 4.69) is 10.5 Å². The minimum absolute atomic E-state index is 0.197. The highest BCUT2D eigenvalue weighted by molar-refractivity contribution is 6.04. The number of fused-ring (bicyclic) bond motifs is 1. The van der Waals surface area contributed by atoms with E-state index in [9.17, 15) is 4.79 Å². The molecule has 4 rings (SSSR count). The number of para-hydroxylation sites is 2. The number of hydrogen-bond donors (Lipinski definition) is 1. The summed E-state index contributed by atoms with van der Waals surface area (Å²) in [4.78, 5) is 17.6. The molecule has 0 saturated heterocycles. The van der Waals surface area contributed by atoms with Gasteiger partial charge in [-0.05, 0) is 17.7 Å². The van der Waals surface area contributed by atoms with Crippen molar-refractivity contribution in [2.24, 2.45) is 5.16 Å². The molecule has 0 fully saturated rings. The van der Waals surface area contributed by atoms with E-state index in [-0.39, 0.29) is 12.0 Å². The molecule has 2 atom stereocenters. The molecular weight excluding hydrogens is 320 g/mol. The normalized spacial score (nSPS) is 21.2. The van der Waals surface area contributed by atoms with E-state index in [1.807, 2.05) is 54.6 Å². The average Bonchev–Trinajstić information content (AvgIpc) is 3.17. The van der Waals surface area contributed by atoms with Gasteiger partial charge in [0.2, 0.25) is 6.10 Å². The van der Waals surface area contributed by atoms with Crippen LogP contribution in [0.3, 0.4) is 0 Å². The second-order valence-electron chi connectivity index (χ2n) is 5.94. The Morgan fingerprint density at radius 1 is 1.08 bits per heavy atom. The fraction of sp³-hybridized carbons (Fsp3) is 0.263. The maximum absolute atomic E-state index is 12.3. The molecule has 0 saturated carbocycles. The number of amides is 1. The van der Waals surface area contributed by atoms with Crippen molar-refractivity contribution in [2.45, 2.75) is 18.6 Å². The van der Waals surface area contributed by atoms with Crippen molar-refractivity contribution in [3.63, 3.8) is 0 Å². The summed E-state index contributed by atoms with van der Waals surface area (Å²) in [6.07, 6.45) is -0.373. The Balaban J connectivity index is 1.28. The van der Waals surface area contributed by atoms with Crippen molar-refractivity contribution in [1.82, 2.24) is 5.32 Å². The third-order valence-corrected chi connectivity index (χ3v) is 4.14. The molecular formula is C19H18N2O4. The summed E-state index contributed by atoms with van der Waals surface area (Å²) in [6, 6.07) is 17.2. The van der Waals surface area contributed by atoms with Gasteiger partial charge in [0.05, 0.1) is 12.3 Å². The summed E-state index contributed by atoms with van der Waals surface area (Å²) in [7, 11) is 0. The Bertz CT molecular complexity index is 791. The fourth-order valence-corrected chi connectivity index (χ4v) is 2.81. The number of hydrogen-bond acceptors (Lipinski definition) is 5. The van der Waals surface area contributed by atoms with Crippen LogP contribution in [0.1, 0.15) is 12.0 Å². The van der Waals surface area contributed by atoms with Crippen LogP contribution in [0.15, 0.2) is 59.8 Å². The highest BCUT2D eigenvalue weighted by Gasteiger charge is 2.30. The van der Waals surface area contributed by atoms with E-state index < -0.39 is 6.10 Å². The topological polar surface area (TPSA) is 69.2 Å². The lowest BCUT2D eigenvalue weighted by Gasteiger charge is -2.26. The third kappa shape index (κ3) is 3.42. The number of nitrogens with zero attached hydrogens (tertiary/aromatic N) is 1. The Hall–Kier alpha value is -3.02. The van der Waals surface area contributed by atoms with Gasteiger partial charge in [-0.25, -0.2) is 0 Å². The quantitative estimate of drug-likeness (QED) is 0.927. The van der Waals surface area contributed by atoms with Crippen LogP contribution in [-0.4, -0.2) is 37.0 Å².